The van der Waals surface area contributed by atoms with Gasteiger partial charge in [0.2, 0.25) is 0 Å². The third kappa shape index (κ3) is 5.05. The number of ether oxygens (including phenoxy) is 1. The normalized spacial score (nSPS) is 19.8. The van der Waals surface area contributed by atoms with Gasteiger partial charge in [-0.3, -0.25) is 4.90 Å². The van der Waals surface area contributed by atoms with Gasteiger partial charge in [-0.2, -0.15) is 8.78 Å². The lowest BCUT2D eigenvalue weighted by Gasteiger charge is -2.31. The molecule has 0 saturated carbocycles. The topological polar surface area (TPSA) is 24.5 Å². The molecule has 20 heavy (non-hydrogen) atoms. The number of piperazine rings is 1. The highest BCUT2D eigenvalue weighted by molar-refractivity contribution is 6.32. The number of rotatable bonds is 4. The molecule has 1 N–H and O–H groups in total. The molecule has 114 valence electrons. The van der Waals surface area contributed by atoms with Crippen LogP contribution in [-0.4, -0.2) is 37.2 Å². The lowest BCUT2D eigenvalue weighted by Crippen LogP contribution is -2.48. The van der Waals surface area contributed by atoms with Crippen LogP contribution in [0.15, 0.2) is 18.2 Å². The first-order valence-electron chi connectivity index (χ1n) is 6.23. The molecule has 0 radical (unpaired) electrons. The minimum absolute atomic E-state index is 0. The van der Waals surface area contributed by atoms with Crippen molar-refractivity contribution in [3.05, 3.63) is 28.8 Å². The van der Waals surface area contributed by atoms with E-state index in [9.17, 15) is 8.78 Å². The number of hydrogen-bond donors (Lipinski definition) is 1. The Morgan fingerprint density at radius 1 is 1.50 bits per heavy atom. The van der Waals surface area contributed by atoms with Gasteiger partial charge in [-0.1, -0.05) is 17.7 Å². The largest absolute Gasteiger partial charge is 0.433 e. The number of nitrogens with one attached hydrogen (secondary N) is 1. The Morgan fingerprint density at radius 2 is 2.25 bits per heavy atom. The molecule has 0 aromatic heterocycles. The summed E-state index contributed by atoms with van der Waals surface area (Å²) in [5.41, 5.74) is 1.00. The van der Waals surface area contributed by atoms with Crippen LogP contribution in [0.4, 0.5) is 8.78 Å². The molecule has 3 nitrogen and oxygen atoms in total. The van der Waals surface area contributed by atoms with Gasteiger partial charge < -0.3 is 10.1 Å². The van der Waals surface area contributed by atoms with Crippen molar-refractivity contribution in [2.45, 2.75) is 26.1 Å². The number of alkyl halides is 2. The number of halogens is 4. The zero-order valence-electron chi connectivity index (χ0n) is 11.1. The van der Waals surface area contributed by atoms with Gasteiger partial charge in [0.05, 0.1) is 5.02 Å². The van der Waals surface area contributed by atoms with Gasteiger partial charge in [0.1, 0.15) is 5.75 Å². The van der Waals surface area contributed by atoms with E-state index < -0.39 is 6.61 Å². The predicted molar refractivity (Wildman–Crippen MR) is 78.1 cm³/mol. The highest BCUT2D eigenvalue weighted by Crippen LogP contribution is 2.27. The predicted octanol–water partition coefficient (Wildman–Crippen LogP) is 3.16. The summed E-state index contributed by atoms with van der Waals surface area (Å²) in [6.45, 7) is 2.95. The molecule has 1 atom stereocenters. The van der Waals surface area contributed by atoms with E-state index in [4.69, 9.17) is 11.6 Å². The second kappa shape index (κ2) is 7.98. The first kappa shape index (κ1) is 17.4. The van der Waals surface area contributed by atoms with Crippen molar-refractivity contribution in [3.63, 3.8) is 0 Å². The Kier molecular flexibility index (Phi) is 6.95. The summed E-state index contributed by atoms with van der Waals surface area (Å²) in [6.07, 6.45) is 0. The Bertz CT molecular complexity index is 435. The summed E-state index contributed by atoms with van der Waals surface area (Å²) in [5, 5.41) is 3.59. The molecule has 0 bridgehead atoms. The highest BCUT2D eigenvalue weighted by Gasteiger charge is 2.16. The average Bonchev–Trinajstić information content (AvgIpc) is 2.32. The highest BCUT2D eigenvalue weighted by atomic mass is 35.5. The van der Waals surface area contributed by atoms with Crippen LogP contribution >= 0.6 is 24.0 Å². The zero-order chi connectivity index (χ0) is 13.8. The summed E-state index contributed by atoms with van der Waals surface area (Å²) in [4.78, 5) is 2.31. The summed E-state index contributed by atoms with van der Waals surface area (Å²) in [7, 11) is 0. The van der Waals surface area contributed by atoms with E-state index >= 15 is 0 Å². The minimum atomic E-state index is -2.85. The maximum absolute atomic E-state index is 12.1. The Hall–Kier alpha value is -0.620. The third-order valence-corrected chi connectivity index (χ3v) is 3.37. The summed E-state index contributed by atoms with van der Waals surface area (Å²) < 4.78 is 28.6. The molecule has 7 heteroatoms. The fourth-order valence-electron chi connectivity index (χ4n) is 2.25. The Labute approximate surface area is 128 Å². The lowest BCUT2D eigenvalue weighted by molar-refractivity contribution is -0.0498. The number of benzene rings is 1. The standard InChI is InChI=1S/C13H17ClF2N2O.ClH/c1-9-7-18(5-4-17-9)8-10-2-3-12(11(14)6-10)19-13(15)16;/h2-3,6,9,13,17H,4-5,7-8H2,1H3;1H/t9-;/m1./s1. The number of hydrogen-bond acceptors (Lipinski definition) is 3. The van der Waals surface area contributed by atoms with Gasteiger partial charge in [0.25, 0.3) is 0 Å². The van der Waals surface area contributed by atoms with E-state index in [0.717, 1.165) is 31.7 Å². The minimum Gasteiger partial charge on any atom is -0.433 e. The molecule has 0 spiro atoms. The van der Waals surface area contributed by atoms with Crippen LogP contribution in [0.1, 0.15) is 12.5 Å². The first-order chi connectivity index (χ1) is 9.04. The van der Waals surface area contributed by atoms with Gasteiger partial charge in [-0.05, 0) is 24.6 Å². The first-order valence-corrected chi connectivity index (χ1v) is 6.61. The van der Waals surface area contributed by atoms with Crippen molar-refractivity contribution < 1.29 is 13.5 Å². The Balaban J connectivity index is 0.00000200. The van der Waals surface area contributed by atoms with E-state index in [0.29, 0.717) is 6.04 Å². The quantitative estimate of drug-likeness (QED) is 0.919. The molecule has 2 rings (SSSR count). The average molecular weight is 327 g/mol. The molecule has 1 aliphatic heterocycles. The molecule has 1 aromatic rings. The van der Waals surface area contributed by atoms with Gasteiger partial charge in [-0.25, -0.2) is 0 Å². The van der Waals surface area contributed by atoms with Crippen molar-refractivity contribution in [1.29, 1.82) is 0 Å². The number of nitrogens with zero attached hydrogens (tertiary/aromatic N) is 1. The summed E-state index contributed by atoms with van der Waals surface area (Å²) in [6, 6.07) is 5.42. The van der Waals surface area contributed by atoms with Crippen LogP contribution in [-0.2, 0) is 6.54 Å². The van der Waals surface area contributed by atoms with Crippen molar-refractivity contribution in [3.8, 4) is 5.75 Å². The fraction of sp³-hybridized carbons (Fsp3) is 0.538. The van der Waals surface area contributed by atoms with E-state index in [2.05, 4.69) is 21.9 Å². The van der Waals surface area contributed by atoms with Crippen LogP contribution in [0, 0.1) is 0 Å². The molecule has 0 amide bonds. The fourth-order valence-corrected chi connectivity index (χ4v) is 2.50. The third-order valence-electron chi connectivity index (χ3n) is 3.07. The van der Waals surface area contributed by atoms with Crippen LogP contribution in [0.5, 0.6) is 5.75 Å². The molecule has 1 heterocycles. The van der Waals surface area contributed by atoms with E-state index in [1.165, 1.54) is 6.07 Å². The maximum atomic E-state index is 12.1. The van der Waals surface area contributed by atoms with Crippen molar-refractivity contribution in [2.24, 2.45) is 0 Å². The van der Waals surface area contributed by atoms with E-state index in [1.54, 1.807) is 12.1 Å². The van der Waals surface area contributed by atoms with Gasteiger partial charge in [-0.15, -0.1) is 12.4 Å². The van der Waals surface area contributed by atoms with Crippen molar-refractivity contribution in [1.82, 2.24) is 10.2 Å². The van der Waals surface area contributed by atoms with E-state index in [1.807, 2.05) is 0 Å². The lowest BCUT2D eigenvalue weighted by atomic mass is 10.1. The van der Waals surface area contributed by atoms with Gasteiger partial charge in [0.15, 0.2) is 0 Å². The van der Waals surface area contributed by atoms with Crippen molar-refractivity contribution >= 4 is 24.0 Å². The molecule has 0 unspecified atom stereocenters. The summed E-state index contributed by atoms with van der Waals surface area (Å²) >= 11 is 5.93. The van der Waals surface area contributed by atoms with Crippen LogP contribution in [0.25, 0.3) is 0 Å². The molecular formula is C13H18Cl2F2N2O. The van der Waals surface area contributed by atoms with Gasteiger partial charge in [0, 0.05) is 32.2 Å². The molecule has 1 aromatic carbocycles. The van der Waals surface area contributed by atoms with E-state index in [-0.39, 0.29) is 23.2 Å². The monoisotopic (exact) mass is 326 g/mol. The zero-order valence-corrected chi connectivity index (χ0v) is 12.7. The van der Waals surface area contributed by atoms with Crippen molar-refractivity contribution in [2.75, 3.05) is 19.6 Å². The summed E-state index contributed by atoms with van der Waals surface area (Å²) in [5.74, 6) is 0.0223. The SMILES string of the molecule is C[C@@H]1CN(Cc2ccc(OC(F)F)c(Cl)c2)CCN1.Cl. The maximum Gasteiger partial charge on any atom is 0.387 e. The molecular weight excluding hydrogens is 309 g/mol. The van der Waals surface area contributed by atoms with Gasteiger partial charge >= 0.3 is 6.61 Å². The molecule has 1 saturated heterocycles. The smallest absolute Gasteiger partial charge is 0.387 e. The second-order valence-electron chi connectivity index (χ2n) is 4.73. The molecule has 1 aliphatic rings. The van der Waals surface area contributed by atoms with Crippen LogP contribution in [0.2, 0.25) is 5.02 Å². The molecule has 1 fully saturated rings. The van der Waals surface area contributed by atoms with Crippen LogP contribution in [0.3, 0.4) is 0 Å². The van der Waals surface area contributed by atoms with Crippen LogP contribution < -0.4 is 10.1 Å². The molecule has 0 aliphatic carbocycles. The Morgan fingerprint density at radius 3 is 2.85 bits per heavy atom. The second-order valence-corrected chi connectivity index (χ2v) is 5.14.